The number of carboxylic acids is 1. The predicted molar refractivity (Wildman–Crippen MR) is 119 cm³/mol. The Bertz CT molecular complexity index is 939. The van der Waals surface area contributed by atoms with Crippen LogP contribution in [0.4, 0.5) is 4.79 Å². The Kier molecular flexibility index (Phi) is 6.64. The van der Waals surface area contributed by atoms with Crippen molar-refractivity contribution in [2.75, 3.05) is 0 Å². The van der Waals surface area contributed by atoms with Gasteiger partial charge < -0.3 is 15.2 Å². The molecular formula is C22H23IN2O5. The third-order valence-electron chi connectivity index (χ3n) is 5.54. The number of amides is 3. The number of aromatic carboxylic acids is 1. The van der Waals surface area contributed by atoms with Crippen molar-refractivity contribution in [1.82, 2.24) is 10.2 Å². The molecule has 0 bridgehead atoms. The van der Waals surface area contributed by atoms with Gasteiger partial charge in [0.1, 0.15) is 11.2 Å². The summed E-state index contributed by atoms with van der Waals surface area (Å²) >= 11 is 2.21. The number of nitrogens with one attached hydrogen (secondary N) is 1. The molecule has 8 heteroatoms. The quantitative estimate of drug-likeness (QED) is 0.419. The molecule has 2 aromatic carbocycles. The van der Waals surface area contributed by atoms with E-state index < -0.39 is 23.6 Å². The van der Waals surface area contributed by atoms with Gasteiger partial charge >= 0.3 is 12.0 Å². The zero-order valence-electron chi connectivity index (χ0n) is 16.7. The van der Waals surface area contributed by atoms with Crippen molar-refractivity contribution >= 4 is 40.5 Å². The maximum atomic E-state index is 12.9. The highest BCUT2D eigenvalue weighted by Crippen LogP contribution is 2.46. The number of carboxylic acid groups (broad SMARTS) is 1. The molecule has 0 aliphatic carbocycles. The lowest BCUT2D eigenvalue weighted by Crippen LogP contribution is -2.73. The lowest BCUT2D eigenvalue weighted by Gasteiger charge is -2.53. The number of likely N-dealkylation sites (tertiary alicyclic amines) is 1. The van der Waals surface area contributed by atoms with Crippen molar-refractivity contribution < 1.29 is 24.2 Å². The molecule has 1 unspecified atom stereocenters. The minimum atomic E-state index is -1.03. The van der Waals surface area contributed by atoms with Gasteiger partial charge in [0.2, 0.25) is 5.91 Å². The number of β-lactam (4-membered cyclic amide) rings is 1. The van der Waals surface area contributed by atoms with E-state index in [0.717, 1.165) is 14.0 Å². The highest BCUT2D eigenvalue weighted by atomic mass is 127. The van der Waals surface area contributed by atoms with Gasteiger partial charge in [0.25, 0.3) is 0 Å². The number of carbonyl (C=O) groups is 3. The summed E-state index contributed by atoms with van der Waals surface area (Å²) in [5, 5.41) is 11.8. The summed E-state index contributed by atoms with van der Waals surface area (Å²) in [5.41, 5.74) is 0.276. The maximum absolute atomic E-state index is 12.9. The predicted octanol–water partition coefficient (Wildman–Crippen LogP) is 4.25. The average molecular weight is 522 g/mol. The molecule has 3 rings (SSSR count). The van der Waals surface area contributed by atoms with Crippen LogP contribution in [0.1, 0.15) is 42.6 Å². The summed E-state index contributed by atoms with van der Waals surface area (Å²) in [4.78, 5) is 37.8. The fourth-order valence-electron chi connectivity index (χ4n) is 3.57. The first-order valence-corrected chi connectivity index (χ1v) is 10.8. The van der Waals surface area contributed by atoms with Crippen molar-refractivity contribution in [3.8, 4) is 5.75 Å². The smallest absolute Gasteiger partial charge is 0.335 e. The summed E-state index contributed by atoms with van der Waals surface area (Å²) in [6.45, 7) is 4.09. The highest BCUT2D eigenvalue weighted by molar-refractivity contribution is 14.1. The number of rotatable bonds is 7. The van der Waals surface area contributed by atoms with Crippen molar-refractivity contribution in [2.24, 2.45) is 5.41 Å². The molecule has 1 heterocycles. The Morgan fingerprint density at radius 2 is 1.70 bits per heavy atom. The van der Waals surface area contributed by atoms with Crippen LogP contribution in [0.5, 0.6) is 5.75 Å². The van der Waals surface area contributed by atoms with Crippen LogP contribution in [0.3, 0.4) is 0 Å². The molecular weight excluding hydrogens is 499 g/mol. The minimum absolute atomic E-state index is 0.136. The molecule has 158 valence electrons. The van der Waals surface area contributed by atoms with Crippen LogP contribution in [0.15, 0.2) is 48.5 Å². The fraction of sp³-hybridized carbons (Fsp3) is 0.318. The number of carbonyl (C=O) groups excluding carboxylic acids is 2. The third-order valence-corrected chi connectivity index (χ3v) is 6.26. The van der Waals surface area contributed by atoms with Gasteiger partial charge in [0, 0.05) is 10.1 Å². The number of urea groups is 1. The van der Waals surface area contributed by atoms with Crippen molar-refractivity contribution in [3.05, 3.63) is 63.2 Å². The summed E-state index contributed by atoms with van der Waals surface area (Å²) in [6, 6.07) is 13.1. The fourth-order valence-corrected chi connectivity index (χ4v) is 3.93. The lowest BCUT2D eigenvalue weighted by molar-refractivity contribution is -0.190. The zero-order valence-corrected chi connectivity index (χ0v) is 18.9. The van der Waals surface area contributed by atoms with Gasteiger partial charge in [-0.25, -0.2) is 14.5 Å². The van der Waals surface area contributed by atoms with E-state index in [1.165, 1.54) is 24.3 Å². The van der Waals surface area contributed by atoms with E-state index in [4.69, 9.17) is 9.84 Å². The molecule has 7 nitrogen and oxygen atoms in total. The minimum Gasteiger partial charge on any atom is -0.478 e. The molecule has 2 N–H and O–H groups in total. The van der Waals surface area contributed by atoms with Crippen molar-refractivity contribution in [1.29, 1.82) is 0 Å². The number of ether oxygens (including phenoxy) is 1. The molecule has 1 atom stereocenters. The SMILES string of the molecule is CCC1(CC)C(=O)N(C(=O)NCc2ccc(I)cc2)C1Oc1ccc(C(=O)O)cc1. The number of imide groups is 1. The first-order valence-electron chi connectivity index (χ1n) is 9.68. The second-order valence-electron chi connectivity index (χ2n) is 7.12. The van der Waals surface area contributed by atoms with Crippen LogP contribution in [0.25, 0.3) is 0 Å². The molecule has 0 radical (unpaired) electrons. The number of halogens is 1. The molecule has 2 aromatic rings. The molecule has 1 aliphatic rings. The number of hydrogen-bond donors (Lipinski definition) is 2. The number of hydrogen-bond acceptors (Lipinski definition) is 4. The molecule has 0 aromatic heterocycles. The van der Waals surface area contributed by atoms with Gasteiger partial charge in [-0.3, -0.25) is 4.79 Å². The van der Waals surface area contributed by atoms with Gasteiger partial charge in [0.05, 0.1) is 5.56 Å². The Morgan fingerprint density at radius 3 is 2.23 bits per heavy atom. The summed E-state index contributed by atoms with van der Waals surface area (Å²) in [6.07, 6.45) is 0.301. The number of benzene rings is 2. The Hall–Kier alpha value is -2.62. The van der Waals surface area contributed by atoms with Crippen LogP contribution in [0, 0.1) is 8.99 Å². The van der Waals surface area contributed by atoms with E-state index in [1.807, 2.05) is 38.1 Å². The molecule has 30 heavy (non-hydrogen) atoms. The molecule has 1 saturated heterocycles. The first-order chi connectivity index (χ1) is 14.3. The first kappa shape index (κ1) is 22.1. The second-order valence-corrected chi connectivity index (χ2v) is 8.37. The van der Waals surface area contributed by atoms with E-state index in [9.17, 15) is 14.4 Å². The van der Waals surface area contributed by atoms with Gasteiger partial charge in [-0.15, -0.1) is 0 Å². The summed E-state index contributed by atoms with van der Waals surface area (Å²) in [7, 11) is 0. The molecule has 1 fully saturated rings. The Morgan fingerprint density at radius 1 is 1.10 bits per heavy atom. The van der Waals surface area contributed by atoms with Crippen LogP contribution >= 0.6 is 22.6 Å². The Balaban J connectivity index is 1.75. The number of nitrogens with zero attached hydrogens (tertiary/aromatic N) is 1. The van der Waals surface area contributed by atoms with E-state index in [1.54, 1.807) is 0 Å². The maximum Gasteiger partial charge on any atom is 0.335 e. The largest absolute Gasteiger partial charge is 0.478 e. The van der Waals surface area contributed by atoms with Gasteiger partial charge in [-0.2, -0.15) is 0 Å². The molecule has 1 aliphatic heterocycles. The van der Waals surface area contributed by atoms with E-state index in [2.05, 4.69) is 27.9 Å². The topological polar surface area (TPSA) is 95.9 Å². The van der Waals surface area contributed by atoms with E-state index >= 15 is 0 Å². The average Bonchev–Trinajstić information content (AvgIpc) is 2.74. The normalized spacial score (nSPS) is 17.2. The van der Waals surface area contributed by atoms with Crippen LogP contribution < -0.4 is 10.1 Å². The summed E-state index contributed by atoms with van der Waals surface area (Å²) < 4.78 is 7.10. The zero-order chi connectivity index (χ0) is 21.9. The van der Waals surface area contributed by atoms with Gasteiger partial charge in [0.15, 0.2) is 6.23 Å². The molecule has 0 saturated carbocycles. The van der Waals surface area contributed by atoms with E-state index in [0.29, 0.717) is 25.1 Å². The van der Waals surface area contributed by atoms with Crippen LogP contribution in [-0.4, -0.2) is 34.1 Å². The van der Waals surface area contributed by atoms with Crippen molar-refractivity contribution in [2.45, 2.75) is 39.5 Å². The molecule has 0 spiro atoms. The van der Waals surface area contributed by atoms with Gasteiger partial charge in [-0.05, 0) is 77.4 Å². The monoisotopic (exact) mass is 522 g/mol. The second kappa shape index (κ2) is 9.03. The Labute approximate surface area is 188 Å². The highest BCUT2D eigenvalue weighted by Gasteiger charge is 2.62. The van der Waals surface area contributed by atoms with E-state index in [-0.39, 0.29) is 11.5 Å². The van der Waals surface area contributed by atoms with Crippen molar-refractivity contribution in [3.63, 3.8) is 0 Å². The summed E-state index contributed by atoms with van der Waals surface area (Å²) in [5.74, 6) is -0.896. The molecule has 3 amide bonds. The van der Waals surface area contributed by atoms with Crippen LogP contribution in [-0.2, 0) is 11.3 Å². The lowest BCUT2D eigenvalue weighted by atomic mass is 9.72. The van der Waals surface area contributed by atoms with Crippen LogP contribution in [0.2, 0.25) is 0 Å². The standard InChI is InChI=1S/C22H23IN2O5/c1-3-22(4-2)19(28)25(21(29)24-13-14-5-9-16(23)10-6-14)20(22)30-17-11-7-15(8-12-17)18(26)27/h5-12,20H,3-4,13H2,1-2H3,(H,24,29)(H,26,27). The third kappa shape index (κ3) is 4.14. The van der Waals surface area contributed by atoms with Gasteiger partial charge in [-0.1, -0.05) is 26.0 Å².